The number of amides is 1. The maximum absolute atomic E-state index is 13.0. The molecule has 1 amide bonds. The molecule has 4 nitrogen and oxygen atoms in total. The second-order valence-corrected chi connectivity index (χ2v) is 7.39. The highest BCUT2D eigenvalue weighted by Gasteiger charge is 2.17. The minimum atomic E-state index is 0.0378. The van der Waals surface area contributed by atoms with Crippen LogP contribution in [0.4, 0.5) is 5.69 Å². The zero-order chi connectivity index (χ0) is 18.8. The quantitative estimate of drug-likeness (QED) is 0.507. The predicted molar refractivity (Wildman–Crippen MR) is 114 cm³/mol. The molecule has 0 atom stereocenters. The van der Waals surface area contributed by atoms with E-state index >= 15 is 0 Å². The Morgan fingerprint density at radius 1 is 1.04 bits per heavy atom. The van der Waals surface area contributed by atoms with Crippen LogP contribution in [-0.2, 0) is 17.1 Å². The van der Waals surface area contributed by atoms with E-state index in [0.717, 1.165) is 33.7 Å². The topological polar surface area (TPSA) is 38.1 Å². The number of benzene rings is 3. The minimum absolute atomic E-state index is 0.0378. The van der Waals surface area contributed by atoms with Crippen LogP contribution < -0.4 is 4.90 Å². The third-order valence-electron chi connectivity index (χ3n) is 4.79. The molecule has 1 heterocycles. The van der Waals surface area contributed by atoms with E-state index in [2.05, 4.69) is 24.3 Å². The zero-order valence-corrected chi connectivity index (χ0v) is 16.2. The standard InChI is InChI=1S/C22H21N3OS/c1-24(18-12-11-16-7-3-4-8-17(16)13-18)22(26)14-25-20-10-6-5-9-19(20)23-21(25)15-27-2/h3-13H,14-15H2,1-2H3. The van der Waals surface area contributed by atoms with Gasteiger partial charge < -0.3 is 9.47 Å². The Labute approximate surface area is 162 Å². The molecular formula is C22H21N3OS. The second-order valence-electron chi connectivity index (χ2n) is 6.52. The molecule has 27 heavy (non-hydrogen) atoms. The number of aromatic nitrogens is 2. The number of carbonyl (C=O) groups excluding carboxylic acids is 1. The molecule has 0 fully saturated rings. The molecule has 0 N–H and O–H groups in total. The van der Waals surface area contributed by atoms with Crippen molar-refractivity contribution in [2.24, 2.45) is 0 Å². The van der Waals surface area contributed by atoms with Crippen molar-refractivity contribution in [1.82, 2.24) is 9.55 Å². The molecule has 1 aromatic heterocycles. The lowest BCUT2D eigenvalue weighted by Crippen LogP contribution is -2.30. The first-order chi connectivity index (χ1) is 13.2. The summed E-state index contributed by atoms with van der Waals surface area (Å²) in [7, 11) is 1.83. The van der Waals surface area contributed by atoms with Crippen molar-refractivity contribution in [2.45, 2.75) is 12.3 Å². The van der Waals surface area contributed by atoms with Crippen LogP contribution in [0.1, 0.15) is 5.82 Å². The van der Waals surface area contributed by atoms with Gasteiger partial charge in [-0.15, -0.1) is 0 Å². The Morgan fingerprint density at radius 2 is 1.78 bits per heavy atom. The van der Waals surface area contributed by atoms with Gasteiger partial charge in [0.2, 0.25) is 5.91 Å². The van der Waals surface area contributed by atoms with Crippen molar-refractivity contribution < 1.29 is 4.79 Å². The Hall–Kier alpha value is -2.79. The van der Waals surface area contributed by atoms with Crippen molar-refractivity contribution in [1.29, 1.82) is 0 Å². The molecule has 0 aliphatic heterocycles. The summed E-state index contributed by atoms with van der Waals surface area (Å²) >= 11 is 1.71. The van der Waals surface area contributed by atoms with E-state index in [-0.39, 0.29) is 12.5 Å². The summed E-state index contributed by atoms with van der Waals surface area (Å²) < 4.78 is 2.03. The summed E-state index contributed by atoms with van der Waals surface area (Å²) in [5, 5.41) is 2.30. The number of rotatable bonds is 5. The maximum Gasteiger partial charge on any atom is 0.246 e. The monoisotopic (exact) mass is 375 g/mol. The molecule has 4 aromatic rings. The Bertz CT molecular complexity index is 1120. The lowest BCUT2D eigenvalue weighted by atomic mass is 10.1. The molecule has 0 spiro atoms. The van der Waals surface area contributed by atoms with Crippen LogP contribution >= 0.6 is 11.8 Å². The number of anilines is 1. The largest absolute Gasteiger partial charge is 0.318 e. The molecule has 0 bridgehead atoms. The number of imidazole rings is 1. The number of likely N-dealkylation sites (N-methyl/N-ethyl adjacent to an activating group) is 1. The number of para-hydroxylation sites is 2. The van der Waals surface area contributed by atoms with Crippen molar-refractivity contribution in [3.8, 4) is 0 Å². The summed E-state index contributed by atoms with van der Waals surface area (Å²) in [6.07, 6.45) is 2.05. The van der Waals surface area contributed by atoms with Gasteiger partial charge in [-0.05, 0) is 41.3 Å². The summed E-state index contributed by atoms with van der Waals surface area (Å²) in [6.45, 7) is 0.278. The van der Waals surface area contributed by atoms with E-state index in [1.54, 1.807) is 16.7 Å². The highest BCUT2D eigenvalue weighted by Crippen LogP contribution is 2.23. The minimum Gasteiger partial charge on any atom is -0.318 e. The second kappa shape index (κ2) is 7.45. The summed E-state index contributed by atoms with van der Waals surface area (Å²) in [4.78, 5) is 19.4. The van der Waals surface area contributed by atoms with E-state index < -0.39 is 0 Å². The smallest absolute Gasteiger partial charge is 0.246 e. The Balaban J connectivity index is 1.64. The average molecular weight is 375 g/mol. The lowest BCUT2D eigenvalue weighted by molar-refractivity contribution is -0.118. The van der Waals surface area contributed by atoms with Gasteiger partial charge >= 0.3 is 0 Å². The molecule has 0 saturated carbocycles. The molecule has 0 unspecified atom stereocenters. The van der Waals surface area contributed by atoms with E-state index in [0.29, 0.717) is 0 Å². The average Bonchev–Trinajstić information content (AvgIpc) is 3.04. The van der Waals surface area contributed by atoms with Crippen molar-refractivity contribution in [3.05, 3.63) is 72.6 Å². The normalized spacial score (nSPS) is 11.2. The van der Waals surface area contributed by atoms with Crippen LogP contribution in [0.2, 0.25) is 0 Å². The molecule has 136 valence electrons. The number of hydrogen-bond donors (Lipinski definition) is 0. The van der Waals surface area contributed by atoms with Gasteiger partial charge in [-0.1, -0.05) is 42.5 Å². The highest BCUT2D eigenvalue weighted by molar-refractivity contribution is 7.97. The molecule has 0 aliphatic carbocycles. The van der Waals surface area contributed by atoms with Crippen molar-refractivity contribution >= 4 is 45.2 Å². The van der Waals surface area contributed by atoms with Gasteiger partial charge in [-0.3, -0.25) is 4.79 Å². The van der Waals surface area contributed by atoms with E-state index in [9.17, 15) is 4.79 Å². The first-order valence-corrected chi connectivity index (χ1v) is 10.2. The van der Waals surface area contributed by atoms with Crippen molar-refractivity contribution in [3.63, 3.8) is 0 Å². The number of fused-ring (bicyclic) bond motifs is 2. The Morgan fingerprint density at radius 3 is 2.59 bits per heavy atom. The van der Waals surface area contributed by atoms with Gasteiger partial charge in [0, 0.05) is 12.7 Å². The van der Waals surface area contributed by atoms with Gasteiger partial charge in [0.15, 0.2) is 0 Å². The van der Waals surface area contributed by atoms with Crippen LogP contribution in [-0.4, -0.2) is 28.8 Å². The van der Waals surface area contributed by atoms with E-state index in [1.807, 2.05) is 60.3 Å². The van der Waals surface area contributed by atoms with Gasteiger partial charge in [0.1, 0.15) is 12.4 Å². The maximum atomic E-state index is 13.0. The van der Waals surface area contributed by atoms with Crippen LogP contribution in [0.15, 0.2) is 66.7 Å². The van der Waals surface area contributed by atoms with E-state index in [4.69, 9.17) is 4.98 Å². The first kappa shape index (κ1) is 17.6. The lowest BCUT2D eigenvalue weighted by Gasteiger charge is -2.19. The predicted octanol–water partition coefficient (Wildman–Crippen LogP) is 4.72. The number of nitrogens with zero attached hydrogens (tertiary/aromatic N) is 3. The van der Waals surface area contributed by atoms with Gasteiger partial charge in [0.05, 0.1) is 16.8 Å². The molecule has 0 radical (unpaired) electrons. The fourth-order valence-electron chi connectivity index (χ4n) is 3.31. The molecule has 0 saturated heterocycles. The highest BCUT2D eigenvalue weighted by atomic mass is 32.2. The molecule has 5 heteroatoms. The van der Waals surface area contributed by atoms with E-state index in [1.165, 1.54) is 5.39 Å². The zero-order valence-electron chi connectivity index (χ0n) is 15.4. The number of thioether (sulfide) groups is 1. The molecule has 4 rings (SSSR count). The Kier molecular flexibility index (Phi) is 4.86. The third kappa shape index (κ3) is 3.43. The first-order valence-electron chi connectivity index (χ1n) is 8.86. The molecular weight excluding hydrogens is 354 g/mol. The van der Waals surface area contributed by atoms with Crippen LogP contribution in [0, 0.1) is 0 Å². The number of carbonyl (C=O) groups is 1. The van der Waals surface area contributed by atoms with Crippen LogP contribution in [0.25, 0.3) is 21.8 Å². The third-order valence-corrected chi connectivity index (χ3v) is 5.34. The summed E-state index contributed by atoms with van der Waals surface area (Å²) in [6, 6.07) is 22.3. The van der Waals surface area contributed by atoms with Crippen LogP contribution in [0.3, 0.4) is 0 Å². The SMILES string of the molecule is CSCc1nc2ccccc2n1CC(=O)N(C)c1ccc2ccccc2c1. The summed E-state index contributed by atoms with van der Waals surface area (Å²) in [5.74, 6) is 1.75. The fourth-order valence-corrected chi connectivity index (χ4v) is 3.79. The van der Waals surface area contributed by atoms with Gasteiger partial charge in [0.25, 0.3) is 0 Å². The van der Waals surface area contributed by atoms with Crippen LogP contribution in [0.5, 0.6) is 0 Å². The fraction of sp³-hybridized carbons (Fsp3) is 0.182. The molecule has 3 aromatic carbocycles. The van der Waals surface area contributed by atoms with Crippen molar-refractivity contribution in [2.75, 3.05) is 18.2 Å². The van der Waals surface area contributed by atoms with Gasteiger partial charge in [-0.25, -0.2) is 4.98 Å². The van der Waals surface area contributed by atoms with Gasteiger partial charge in [-0.2, -0.15) is 11.8 Å². The summed E-state index contributed by atoms with van der Waals surface area (Å²) in [5.41, 5.74) is 2.83. The molecule has 0 aliphatic rings. The number of hydrogen-bond acceptors (Lipinski definition) is 3.